The Morgan fingerprint density at radius 1 is 1.03 bits per heavy atom. The highest BCUT2D eigenvalue weighted by Gasteiger charge is 2.15. The van der Waals surface area contributed by atoms with Crippen molar-refractivity contribution < 1.29 is 4.79 Å². The number of thiophene rings is 1. The van der Waals surface area contributed by atoms with Crippen molar-refractivity contribution in [2.75, 3.05) is 0 Å². The lowest BCUT2D eigenvalue weighted by Gasteiger charge is -2.12. The van der Waals surface area contributed by atoms with E-state index in [2.05, 4.69) is 0 Å². The van der Waals surface area contributed by atoms with E-state index in [9.17, 15) is 9.59 Å². The Bertz CT molecular complexity index is 1200. The first-order valence-electron chi connectivity index (χ1n) is 9.53. The van der Waals surface area contributed by atoms with Crippen molar-refractivity contribution in [3.63, 3.8) is 0 Å². The molecule has 0 aliphatic heterocycles. The van der Waals surface area contributed by atoms with Crippen molar-refractivity contribution in [3.8, 4) is 10.4 Å². The van der Waals surface area contributed by atoms with E-state index in [1.54, 1.807) is 4.57 Å². The first-order valence-corrected chi connectivity index (χ1v) is 10.3. The van der Waals surface area contributed by atoms with Crippen LogP contribution in [0.4, 0.5) is 0 Å². The number of carbonyl (C=O) groups excluding carboxylic acids is 1. The summed E-state index contributed by atoms with van der Waals surface area (Å²) in [5.41, 5.74) is 7.36. The van der Waals surface area contributed by atoms with E-state index in [4.69, 9.17) is 10.7 Å². The highest BCUT2D eigenvalue weighted by atomic mass is 32.1. The average molecular weight is 404 g/mol. The second kappa shape index (κ2) is 8.41. The maximum Gasteiger partial charge on any atom is 0.262 e. The monoisotopic (exact) mass is 403 g/mol. The molecule has 0 saturated heterocycles. The van der Waals surface area contributed by atoms with Crippen molar-refractivity contribution in [3.05, 3.63) is 88.5 Å². The molecule has 6 heteroatoms. The summed E-state index contributed by atoms with van der Waals surface area (Å²) in [5.74, 6) is 0.346. The van der Waals surface area contributed by atoms with Gasteiger partial charge >= 0.3 is 0 Å². The summed E-state index contributed by atoms with van der Waals surface area (Å²) in [6, 6.07) is 21.9. The molecule has 29 heavy (non-hydrogen) atoms. The van der Waals surface area contributed by atoms with Crippen LogP contribution in [0, 0.1) is 0 Å². The van der Waals surface area contributed by atoms with E-state index in [0.717, 1.165) is 20.8 Å². The molecule has 0 unspecified atom stereocenters. The fourth-order valence-corrected chi connectivity index (χ4v) is 4.40. The van der Waals surface area contributed by atoms with Gasteiger partial charge in [-0.15, -0.1) is 11.3 Å². The average Bonchev–Trinajstić information content (AvgIpc) is 3.16. The number of carbonyl (C=O) groups is 1. The summed E-state index contributed by atoms with van der Waals surface area (Å²) in [6.07, 6.45) is 1.31. The third kappa shape index (κ3) is 4.27. The van der Waals surface area contributed by atoms with E-state index in [1.165, 1.54) is 11.3 Å². The normalized spacial score (nSPS) is 11.0. The van der Waals surface area contributed by atoms with Gasteiger partial charge in [-0.3, -0.25) is 14.2 Å². The Labute approximate surface area is 172 Å². The Kier molecular flexibility index (Phi) is 5.53. The maximum atomic E-state index is 13.3. The molecule has 4 aromatic rings. The maximum absolute atomic E-state index is 13.3. The van der Waals surface area contributed by atoms with Crippen molar-refractivity contribution in [2.45, 2.75) is 25.8 Å². The topological polar surface area (TPSA) is 78.0 Å². The minimum absolute atomic E-state index is 0.0659. The number of nitrogens with two attached hydrogens (primary N) is 1. The van der Waals surface area contributed by atoms with Gasteiger partial charge in [0.1, 0.15) is 10.7 Å². The van der Waals surface area contributed by atoms with Crippen LogP contribution in [0.15, 0.2) is 71.5 Å². The molecular weight excluding hydrogens is 382 g/mol. The highest BCUT2D eigenvalue weighted by Crippen LogP contribution is 2.31. The molecule has 2 aromatic carbocycles. The molecule has 2 heterocycles. The second-order valence-corrected chi connectivity index (χ2v) is 7.94. The molecule has 0 bridgehead atoms. The van der Waals surface area contributed by atoms with E-state index >= 15 is 0 Å². The van der Waals surface area contributed by atoms with Gasteiger partial charge in [-0.1, -0.05) is 60.7 Å². The van der Waals surface area contributed by atoms with Gasteiger partial charge in [0.05, 0.1) is 5.39 Å². The second-order valence-electron chi connectivity index (χ2n) is 6.91. The van der Waals surface area contributed by atoms with Gasteiger partial charge in [0.2, 0.25) is 5.91 Å². The van der Waals surface area contributed by atoms with Crippen molar-refractivity contribution in [1.82, 2.24) is 9.55 Å². The number of hydrogen-bond acceptors (Lipinski definition) is 4. The zero-order valence-corrected chi connectivity index (χ0v) is 16.7. The van der Waals surface area contributed by atoms with Crippen LogP contribution >= 0.6 is 11.3 Å². The van der Waals surface area contributed by atoms with Crippen LogP contribution in [0.5, 0.6) is 0 Å². The number of fused-ring (bicyclic) bond motifs is 1. The van der Waals surface area contributed by atoms with Crippen LogP contribution < -0.4 is 11.3 Å². The number of aromatic nitrogens is 2. The fraction of sp³-hybridized carbons (Fsp3) is 0.174. The minimum atomic E-state index is -0.362. The summed E-state index contributed by atoms with van der Waals surface area (Å²) < 4.78 is 1.69. The summed E-state index contributed by atoms with van der Waals surface area (Å²) in [7, 11) is 0. The quantitative estimate of drug-likeness (QED) is 0.507. The van der Waals surface area contributed by atoms with Gasteiger partial charge in [0.15, 0.2) is 0 Å². The lowest BCUT2D eigenvalue weighted by Crippen LogP contribution is -2.26. The third-order valence-corrected chi connectivity index (χ3v) is 5.88. The summed E-state index contributed by atoms with van der Waals surface area (Å²) >= 11 is 1.53. The van der Waals surface area contributed by atoms with Crippen LogP contribution in [0.25, 0.3) is 20.7 Å². The predicted molar refractivity (Wildman–Crippen MR) is 117 cm³/mol. The first kappa shape index (κ1) is 19.1. The van der Waals surface area contributed by atoms with Crippen LogP contribution in [0.1, 0.15) is 24.2 Å². The van der Waals surface area contributed by atoms with Crippen LogP contribution in [0.2, 0.25) is 0 Å². The van der Waals surface area contributed by atoms with Gasteiger partial charge in [-0.2, -0.15) is 0 Å². The largest absolute Gasteiger partial charge is 0.370 e. The zero-order chi connectivity index (χ0) is 20.2. The number of rotatable bonds is 7. The number of amides is 1. The Hall–Kier alpha value is -3.25. The molecule has 0 aliphatic carbocycles. The fourth-order valence-electron chi connectivity index (χ4n) is 3.36. The standard InChI is InChI=1S/C23H21N3O2S/c24-20(27)12-7-13-26-21(14-16-8-3-1-4-9-16)25-22-18(23(26)28)15-19(29-22)17-10-5-2-6-11-17/h1-6,8-11,15H,7,12-14H2,(H2,24,27). The van der Waals surface area contributed by atoms with Gasteiger partial charge < -0.3 is 5.73 Å². The van der Waals surface area contributed by atoms with Crippen LogP contribution in [-0.4, -0.2) is 15.5 Å². The van der Waals surface area contributed by atoms with Crippen LogP contribution in [0.3, 0.4) is 0 Å². The van der Waals surface area contributed by atoms with Crippen LogP contribution in [-0.2, 0) is 17.8 Å². The summed E-state index contributed by atoms with van der Waals surface area (Å²) in [5, 5.41) is 0.615. The smallest absolute Gasteiger partial charge is 0.262 e. The molecule has 1 amide bonds. The van der Waals surface area contributed by atoms with Crippen molar-refractivity contribution >= 4 is 27.5 Å². The molecule has 4 rings (SSSR count). The van der Waals surface area contributed by atoms with E-state index in [-0.39, 0.29) is 17.9 Å². The molecule has 2 aromatic heterocycles. The molecule has 5 nitrogen and oxygen atoms in total. The zero-order valence-electron chi connectivity index (χ0n) is 15.9. The first-order chi connectivity index (χ1) is 14.1. The Morgan fingerprint density at radius 2 is 1.72 bits per heavy atom. The molecule has 0 fully saturated rings. The minimum Gasteiger partial charge on any atom is -0.370 e. The number of primary amides is 1. The number of hydrogen-bond donors (Lipinski definition) is 1. The molecule has 0 spiro atoms. The van der Waals surface area contributed by atoms with E-state index in [1.807, 2.05) is 66.7 Å². The lowest BCUT2D eigenvalue weighted by molar-refractivity contribution is -0.118. The van der Waals surface area contributed by atoms with E-state index < -0.39 is 0 Å². The van der Waals surface area contributed by atoms with Gasteiger partial charge in [-0.05, 0) is 23.6 Å². The number of benzene rings is 2. The third-order valence-electron chi connectivity index (χ3n) is 4.80. The lowest BCUT2D eigenvalue weighted by atomic mass is 10.1. The number of nitrogens with zero attached hydrogens (tertiary/aromatic N) is 2. The molecular formula is C23H21N3O2S. The van der Waals surface area contributed by atoms with Crippen molar-refractivity contribution in [1.29, 1.82) is 0 Å². The van der Waals surface area contributed by atoms with Gasteiger partial charge in [0.25, 0.3) is 5.56 Å². The van der Waals surface area contributed by atoms with Crippen molar-refractivity contribution in [2.24, 2.45) is 5.73 Å². The molecule has 0 atom stereocenters. The van der Waals surface area contributed by atoms with Gasteiger partial charge in [0, 0.05) is 24.3 Å². The Morgan fingerprint density at radius 3 is 2.41 bits per heavy atom. The molecule has 0 aliphatic rings. The highest BCUT2D eigenvalue weighted by molar-refractivity contribution is 7.21. The summed E-state index contributed by atoms with van der Waals surface area (Å²) in [6.45, 7) is 0.420. The molecule has 146 valence electrons. The SMILES string of the molecule is NC(=O)CCCn1c(Cc2ccccc2)nc2sc(-c3ccccc3)cc2c1=O. The summed E-state index contributed by atoms with van der Waals surface area (Å²) in [4.78, 5) is 31.0. The molecule has 2 N–H and O–H groups in total. The Balaban J connectivity index is 1.79. The molecule has 0 saturated carbocycles. The predicted octanol–water partition coefficient (Wildman–Crippen LogP) is 3.98. The molecule has 0 radical (unpaired) electrons. The van der Waals surface area contributed by atoms with Gasteiger partial charge in [-0.25, -0.2) is 4.98 Å². The van der Waals surface area contributed by atoms with E-state index in [0.29, 0.717) is 30.6 Å².